The third kappa shape index (κ3) is 3.51. The van der Waals surface area contributed by atoms with Gasteiger partial charge in [-0.2, -0.15) is 0 Å². The number of hydrogen-bond acceptors (Lipinski definition) is 3. The maximum atomic E-state index is 13.5. The van der Waals surface area contributed by atoms with Crippen molar-refractivity contribution in [3.63, 3.8) is 0 Å². The van der Waals surface area contributed by atoms with E-state index in [2.05, 4.69) is 16.6 Å². The van der Waals surface area contributed by atoms with E-state index < -0.39 is 20.9 Å². The van der Waals surface area contributed by atoms with Crippen molar-refractivity contribution in [3.05, 3.63) is 24.1 Å². The van der Waals surface area contributed by atoms with Gasteiger partial charge in [-0.05, 0) is 30.4 Å². The summed E-state index contributed by atoms with van der Waals surface area (Å²) in [6.07, 6.45) is 6.73. The first-order valence-electron chi connectivity index (χ1n) is 6.53. The second kappa shape index (κ2) is 5.54. The standard InChI is InChI=1S/C13H19FN2O2S/c1-13(7-3-2-4-8-13)10-16-19(17,18)12-11(14)6-5-9-15-12/h5-6,9,16H,2-4,7-8,10H2,1H3. The molecule has 1 aromatic rings. The molecule has 0 spiro atoms. The Morgan fingerprint density at radius 2 is 2.05 bits per heavy atom. The van der Waals surface area contributed by atoms with Crippen molar-refractivity contribution in [2.45, 2.75) is 44.1 Å². The van der Waals surface area contributed by atoms with Gasteiger partial charge in [-0.15, -0.1) is 0 Å². The minimum absolute atomic E-state index is 0.0312. The molecule has 106 valence electrons. The van der Waals surface area contributed by atoms with Crippen molar-refractivity contribution < 1.29 is 12.8 Å². The second-order valence-electron chi connectivity index (χ2n) is 5.49. The average Bonchev–Trinajstić information content (AvgIpc) is 2.38. The fraction of sp³-hybridized carbons (Fsp3) is 0.615. The minimum atomic E-state index is -3.86. The monoisotopic (exact) mass is 286 g/mol. The van der Waals surface area contributed by atoms with Crippen LogP contribution in [0.3, 0.4) is 0 Å². The second-order valence-corrected chi connectivity index (χ2v) is 7.17. The Labute approximate surface area is 113 Å². The molecule has 0 unspecified atom stereocenters. The Kier molecular flexibility index (Phi) is 4.20. The van der Waals surface area contributed by atoms with E-state index in [0.29, 0.717) is 6.54 Å². The molecule has 0 aromatic carbocycles. The van der Waals surface area contributed by atoms with Gasteiger partial charge in [-0.1, -0.05) is 26.2 Å². The quantitative estimate of drug-likeness (QED) is 0.925. The topological polar surface area (TPSA) is 59.1 Å². The number of rotatable bonds is 4. The summed E-state index contributed by atoms with van der Waals surface area (Å²) in [4.78, 5) is 3.61. The van der Waals surface area contributed by atoms with Crippen LogP contribution in [0.4, 0.5) is 4.39 Å². The summed E-state index contributed by atoms with van der Waals surface area (Å²) < 4.78 is 40.0. The van der Waals surface area contributed by atoms with Gasteiger partial charge in [0.1, 0.15) is 0 Å². The zero-order valence-corrected chi connectivity index (χ0v) is 11.8. The Balaban J connectivity index is 2.08. The summed E-state index contributed by atoms with van der Waals surface area (Å²) in [5.41, 5.74) is -0.0312. The average molecular weight is 286 g/mol. The number of halogens is 1. The molecule has 1 N–H and O–H groups in total. The van der Waals surface area contributed by atoms with E-state index in [1.807, 2.05) is 0 Å². The minimum Gasteiger partial charge on any atom is -0.241 e. The van der Waals surface area contributed by atoms with Gasteiger partial charge in [0.2, 0.25) is 5.03 Å². The Morgan fingerprint density at radius 3 is 2.68 bits per heavy atom. The van der Waals surface area contributed by atoms with E-state index in [1.54, 1.807) is 0 Å². The molecule has 1 aliphatic rings. The third-order valence-electron chi connectivity index (χ3n) is 3.73. The molecule has 19 heavy (non-hydrogen) atoms. The molecule has 0 amide bonds. The van der Waals surface area contributed by atoms with Crippen molar-refractivity contribution in [3.8, 4) is 0 Å². The summed E-state index contributed by atoms with van der Waals surface area (Å²) in [6, 6.07) is 2.47. The first kappa shape index (κ1) is 14.4. The van der Waals surface area contributed by atoms with Crippen LogP contribution >= 0.6 is 0 Å². The fourth-order valence-corrected chi connectivity index (χ4v) is 3.69. The van der Waals surface area contributed by atoms with Crippen molar-refractivity contribution in [2.24, 2.45) is 5.41 Å². The van der Waals surface area contributed by atoms with Crippen molar-refractivity contribution in [1.82, 2.24) is 9.71 Å². The lowest BCUT2D eigenvalue weighted by atomic mass is 9.76. The summed E-state index contributed by atoms with van der Waals surface area (Å²) in [5.74, 6) is -0.816. The SMILES string of the molecule is CC1(CNS(=O)(=O)c2ncccc2F)CCCCC1. The van der Waals surface area contributed by atoms with E-state index in [4.69, 9.17) is 0 Å². The molecular formula is C13H19FN2O2S. The number of nitrogens with one attached hydrogen (secondary N) is 1. The molecule has 1 aliphatic carbocycles. The smallest absolute Gasteiger partial charge is 0.241 e. The van der Waals surface area contributed by atoms with Crippen molar-refractivity contribution in [1.29, 1.82) is 0 Å². The van der Waals surface area contributed by atoms with Crippen LogP contribution in [0.2, 0.25) is 0 Å². The van der Waals surface area contributed by atoms with Gasteiger partial charge in [0.05, 0.1) is 0 Å². The van der Waals surface area contributed by atoms with Crippen LogP contribution < -0.4 is 4.72 Å². The van der Waals surface area contributed by atoms with Crippen LogP contribution in [0.25, 0.3) is 0 Å². The normalized spacial score (nSPS) is 19.3. The lowest BCUT2D eigenvalue weighted by molar-refractivity contribution is 0.219. The number of sulfonamides is 1. The first-order chi connectivity index (χ1) is 8.93. The molecule has 1 fully saturated rings. The molecule has 0 saturated heterocycles. The predicted octanol–water partition coefficient (Wildman–Crippen LogP) is 2.47. The van der Waals surface area contributed by atoms with Crippen LogP contribution in [0, 0.1) is 11.2 Å². The van der Waals surface area contributed by atoms with E-state index in [-0.39, 0.29) is 5.41 Å². The van der Waals surface area contributed by atoms with Gasteiger partial charge in [0, 0.05) is 12.7 Å². The molecule has 1 heterocycles. The number of hydrogen-bond donors (Lipinski definition) is 1. The summed E-state index contributed by atoms with van der Waals surface area (Å²) in [5, 5.41) is -0.519. The van der Waals surface area contributed by atoms with Gasteiger partial charge < -0.3 is 0 Å². The highest BCUT2D eigenvalue weighted by atomic mass is 32.2. The van der Waals surface area contributed by atoms with E-state index >= 15 is 0 Å². The van der Waals surface area contributed by atoms with E-state index in [1.165, 1.54) is 18.7 Å². The zero-order valence-electron chi connectivity index (χ0n) is 11.0. The molecule has 2 rings (SSSR count). The van der Waals surface area contributed by atoms with Crippen LogP contribution in [-0.2, 0) is 10.0 Å². The summed E-state index contributed by atoms with van der Waals surface area (Å²) >= 11 is 0. The fourth-order valence-electron chi connectivity index (χ4n) is 2.49. The maximum absolute atomic E-state index is 13.5. The molecule has 1 saturated carbocycles. The highest BCUT2D eigenvalue weighted by Gasteiger charge is 2.29. The number of aromatic nitrogens is 1. The van der Waals surface area contributed by atoms with Crippen LogP contribution in [0.1, 0.15) is 39.0 Å². The molecule has 6 heteroatoms. The summed E-state index contributed by atoms with van der Waals surface area (Å²) in [6.45, 7) is 2.41. The van der Waals surface area contributed by atoms with Crippen molar-refractivity contribution in [2.75, 3.05) is 6.54 Å². The van der Waals surface area contributed by atoms with Gasteiger partial charge in [-0.3, -0.25) is 0 Å². The van der Waals surface area contributed by atoms with Crippen LogP contribution in [-0.4, -0.2) is 19.9 Å². The molecule has 1 aromatic heterocycles. The Hall–Kier alpha value is -1.01. The molecule has 0 aliphatic heterocycles. The van der Waals surface area contributed by atoms with Gasteiger partial charge in [0.25, 0.3) is 10.0 Å². The zero-order chi connectivity index (χ0) is 13.9. The predicted molar refractivity (Wildman–Crippen MR) is 70.6 cm³/mol. The highest BCUT2D eigenvalue weighted by Crippen LogP contribution is 2.35. The van der Waals surface area contributed by atoms with Gasteiger partial charge in [0.15, 0.2) is 5.82 Å². The Morgan fingerprint density at radius 1 is 1.37 bits per heavy atom. The van der Waals surface area contributed by atoms with E-state index in [0.717, 1.165) is 31.7 Å². The van der Waals surface area contributed by atoms with Gasteiger partial charge >= 0.3 is 0 Å². The maximum Gasteiger partial charge on any atom is 0.261 e. The van der Waals surface area contributed by atoms with Crippen molar-refractivity contribution >= 4 is 10.0 Å². The number of nitrogens with zero attached hydrogens (tertiary/aromatic N) is 1. The van der Waals surface area contributed by atoms with Gasteiger partial charge in [-0.25, -0.2) is 22.5 Å². The molecule has 0 radical (unpaired) electrons. The van der Waals surface area contributed by atoms with Crippen LogP contribution in [0.15, 0.2) is 23.4 Å². The number of pyridine rings is 1. The summed E-state index contributed by atoms with van der Waals surface area (Å²) in [7, 11) is -3.86. The molecule has 0 atom stereocenters. The lowest BCUT2D eigenvalue weighted by Crippen LogP contribution is -2.37. The first-order valence-corrected chi connectivity index (χ1v) is 8.02. The largest absolute Gasteiger partial charge is 0.261 e. The molecule has 0 bridgehead atoms. The van der Waals surface area contributed by atoms with Crippen LogP contribution in [0.5, 0.6) is 0 Å². The van der Waals surface area contributed by atoms with E-state index in [9.17, 15) is 12.8 Å². The third-order valence-corrected chi connectivity index (χ3v) is 5.06. The Bertz CT molecular complexity index is 539. The molecular weight excluding hydrogens is 267 g/mol. The lowest BCUT2D eigenvalue weighted by Gasteiger charge is -2.33. The molecule has 4 nitrogen and oxygen atoms in total. The highest BCUT2D eigenvalue weighted by molar-refractivity contribution is 7.89.